The summed E-state index contributed by atoms with van der Waals surface area (Å²) in [5, 5.41) is 7.76. The lowest BCUT2D eigenvalue weighted by atomic mass is 10.2. The van der Waals surface area contributed by atoms with Crippen molar-refractivity contribution >= 4 is 24.2 Å². The van der Waals surface area contributed by atoms with E-state index in [-0.39, 0.29) is 11.5 Å². The molecule has 0 atom stereocenters. The summed E-state index contributed by atoms with van der Waals surface area (Å²) in [6.07, 6.45) is 2.89. The van der Waals surface area contributed by atoms with Crippen LogP contribution < -0.4 is 20.3 Å². The van der Waals surface area contributed by atoms with Crippen molar-refractivity contribution in [3.05, 3.63) is 83.3 Å². The molecule has 9 nitrogen and oxygen atoms in total. The quantitative estimate of drug-likeness (QED) is 0.430. The first-order valence-electron chi connectivity index (χ1n) is 9.15. The van der Waals surface area contributed by atoms with Gasteiger partial charge in [-0.25, -0.2) is 10.9 Å². The molecule has 0 spiro atoms. The molecule has 0 aliphatic carbocycles. The van der Waals surface area contributed by atoms with Crippen molar-refractivity contribution in [2.75, 3.05) is 14.2 Å². The van der Waals surface area contributed by atoms with Gasteiger partial charge in [0.25, 0.3) is 0 Å². The highest BCUT2D eigenvalue weighted by molar-refractivity contribution is 5.96. The van der Waals surface area contributed by atoms with Crippen LogP contribution in [0.1, 0.15) is 32.2 Å². The van der Waals surface area contributed by atoms with Gasteiger partial charge in [0.15, 0.2) is 11.5 Å². The lowest BCUT2D eigenvalue weighted by Crippen LogP contribution is -2.18. The van der Waals surface area contributed by atoms with Gasteiger partial charge in [-0.05, 0) is 36.4 Å². The molecule has 0 aliphatic rings. The van der Waals surface area contributed by atoms with Crippen molar-refractivity contribution in [3.63, 3.8) is 0 Å². The van der Waals surface area contributed by atoms with E-state index < -0.39 is 11.8 Å². The first-order chi connectivity index (χ1) is 15.1. The van der Waals surface area contributed by atoms with Gasteiger partial charge in [0.05, 0.1) is 26.6 Å². The summed E-state index contributed by atoms with van der Waals surface area (Å²) in [7, 11) is 3.09. The third-order valence-corrected chi connectivity index (χ3v) is 4.07. The van der Waals surface area contributed by atoms with Gasteiger partial charge in [-0.2, -0.15) is 10.2 Å². The monoisotopic (exact) mass is 420 g/mol. The highest BCUT2D eigenvalue weighted by Crippen LogP contribution is 2.15. The predicted octanol–water partition coefficient (Wildman–Crippen LogP) is 2.82. The molecule has 0 saturated carbocycles. The molecule has 0 bridgehead atoms. The van der Waals surface area contributed by atoms with Crippen molar-refractivity contribution in [2.45, 2.75) is 0 Å². The molecule has 9 heteroatoms. The molecule has 0 aliphatic heterocycles. The van der Waals surface area contributed by atoms with Crippen LogP contribution in [0.2, 0.25) is 0 Å². The maximum atomic E-state index is 12.2. The number of amides is 2. The van der Waals surface area contributed by atoms with Crippen LogP contribution in [0, 0.1) is 0 Å². The maximum Gasteiger partial charge on any atom is 0.307 e. The number of nitrogens with one attached hydrogen (secondary N) is 2. The Morgan fingerprint density at radius 1 is 0.742 bits per heavy atom. The minimum atomic E-state index is -0.609. The molecule has 0 saturated heterocycles. The molecule has 2 amide bonds. The SMILES string of the molecule is COc1ccccc1C=NNC(=O)c1ccc(C(=O)NN=Cc2ccccc2OC)o1. The second kappa shape index (κ2) is 10.4. The Morgan fingerprint density at radius 3 is 1.58 bits per heavy atom. The van der Waals surface area contributed by atoms with Gasteiger partial charge in [-0.3, -0.25) is 9.59 Å². The largest absolute Gasteiger partial charge is 0.496 e. The first kappa shape index (κ1) is 21.3. The lowest BCUT2D eigenvalue weighted by Gasteiger charge is -2.03. The topological polar surface area (TPSA) is 115 Å². The molecule has 1 heterocycles. The molecule has 0 radical (unpaired) electrons. The van der Waals surface area contributed by atoms with E-state index in [4.69, 9.17) is 13.9 Å². The Kier molecular flexibility index (Phi) is 7.15. The van der Waals surface area contributed by atoms with E-state index in [0.29, 0.717) is 22.6 Å². The number of rotatable bonds is 8. The molecule has 31 heavy (non-hydrogen) atoms. The first-order valence-corrected chi connectivity index (χ1v) is 9.15. The van der Waals surface area contributed by atoms with Gasteiger partial charge in [0.1, 0.15) is 11.5 Å². The number of nitrogens with zero attached hydrogens (tertiary/aromatic N) is 2. The summed E-state index contributed by atoms with van der Waals surface area (Å²) >= 11 is 0. The Morgan fingerprint density at radius 2 is 1.16 bits per heavy atom. The summed E-state index contributed by atoms with van der Waals surface area (Å²) in [5.41, 5.74) is 6.05. The molecule has 2 N–H and O–H groups in total. The van der Waals surface area contributed by atoms with Crippen molar-refractivity contribution in [1.82, 2.24) is 10.9 Å². The van der Waals surface area contributed by atoms with E-state index in [0.717, 1.165) is 0 Å². The fourth-order valence-corrected chi connectivity index (χ4v) is 2.56. The van der Waals surface area contributed by atoms with Crippen LogP contribution in [0.15, 0.2) is 75.3 Å². The molecule has 0 unspecified atom stereocenters. The number of carbonyl (C=O) groups is 2. The minimum absolute atomic E-state index is 0.0731. The van der Waals surface area contributed by atoms with Gasteiger partial charge < -0.3 is 13.9 Å². The number of hydrogen-bond acceptors (Lipinski definition) is 7. The molecular formula is C22H20N4O5. The lowest BCUT2D eigenvalue weighted by molar-refractivity contribution is 0.0902. The van der Waals surface area contributed by atoms with E-state index in [2.05, 4.69) is 21.1 Å². The highest BCUT2D eigenvalue weighted by atomic mass is 16.5. The number of hydrogen-bond donors (Lipinski definition) is 2. The van der Waals surface area contributed by atoms with Crippen LogP contribution in [-0.4, -0.2) is 38.5 Å². The number of furan rings is 1. The number of methoxy groups -OCH3 is 2. The van der Waals surface area contributed by atoms with E-state index in [1.165, 1.54) is 24.6 Å². The summed E-state index contributed by atoms with van der Waals surface area (Å²) in [6.45, 7) is 0. The van der Waals surface area contributed by atoms with Crippen molar-refractivity contribution < 1.29 is 23.5 Å². The van der Waals surface area contributed by atoms with Crippen LogP contribution in [0.4, 0.5) is 0 Å². The second-order valence-electron chi connectivity index (χ2n) is 6.05. The standard InChI is InChI=1S/C22H20N4O5/c1-29-17-9-5-3-7-15(17)13-23-25-21(27)19-11-12-20(31-19)22(28)26-24-14-16-8-4-6-10-18(16)30-2/h3-14H,1-2H3,(H,25,27)(H,26,28). The fraction of sp³-hybridized carbons (Fsp3) is 0.0909. The van der Waals surface area contributed by atoms with E-state index in [1.807, 2.05) is 24.3 Å². The van der Waals surface area contributed by atoms with Gasteiger partial charge in [0, 0.05) is 11.1 Å². The molecule has 3 aromatic rings. The highest BCUT2D eigenvalue weighted by Gasteiger charge is 2.15. The number of para-hydroxylation sites is 2. The van der Waals surface area contributed by atoms with Crippen molar-refractivity contribution in [3.8, 4) is 11.5 Å². The summed E-state index contributed by atoms with van der Waals surface area (Å²) in [5.74, 6) is -0.130. The smallest absolute Gasteiger partial charge is 0.307 e. The van der Waals surface area contributed by atoms with Crippen LogP contribution in [0.25, 0.3) is 0 Å². The van der Waals surface area contributed by atoms with Crippen LogP contribution in [0.3, 0.4) is 0 Å². The third-order valence-electron chi connectivity index (χ3n) is 4.07. The van der Waals surface area contributed by atoms with Crippen LogP contribution >= 0.6 is 0 Å². The summed E-state index contributed by atoms with van der Waals surface area (Å²) in [6, 6.07) is 17.1. The number of benzene rings is 2. The average molecular weight is 420 g/mol. The van der Waals surface area contributed by atoms with Gasteiger partial charge in [-0.1, -0.05) is 24.3 Å². The molecular weight excluding hydrogens is 400 g/mol. The molecule has 3 rings (SSSR count). The summed E-state index contributed by atoms with van der Waals surface area (Å²) in [4.78, 5) is 24.3. The summed E-state index contributed by atoms with van der Waals surface area (Å²) < 4.78 is 15.7. The average Bonchev–Trinajstić information content (AvgIpc) is 3.30. The number of ether oxygens (including phenoxy) is 2. The molecule has 0 fully saturated rings. The molecule has 2 aromatic carbocycles. The zero-order chi connectivity index (χ0) is 22.1. The van der Waals surface area contributed by atoms with E-state index in [1.54, 1.807) is 38.5 Å². The van der Waals surface area contributed by atoms with Crippen molar-refractivity contribution in [1.29, 1.82) is 0 Å². The fourth-order valence-electron chi connectivity index (χ4n) is 2.56. The Hall–Kier alpha value is -4.40. The van der Waals surface area contributed by atoms with Crippen LogP contribution in [0.5, 0.6) is 11.5 Å². The van der Waals surface area contributed by atoms with E-state index in [9.17, 15) is 9.59 Å². The Bertz CT molecular complexity index is 1030. The Labute approximate surface area is 178 Å². The number of carbonyl (C=O) groups excluding carboxylic acids is 2. The maximum absolute atomic E-state index is 12.2. The molecule has 1 aromatic heterocycles. The predicted molar refractivity (Wildman–Crippen MR) is 115 cm³/mol. The zero-order valence-corrected chi connectivity index (χ0v) is 16.9. The second-order valence-corrected chi connectivity index (χ2v) is 6.05. The number of hydrazone groups is 2. The van der Waals surface area contributed by atoms with Crippen molar-refractivity contribution in [2.24, 2.45) is 10.2 Å². The van der Waals surface area contributed by atoms with Gasteiger partial charge in [-0.15, -0.1) is 0 Å². The third kappa shape index (κ3) is 5.57. The Balaban J connectivity index is 1.57. The minimum Gasteiger partial charge on any atom is -0.496 e. The van der Waals surface area contributed by atoms with E-state index >= 15 is 0 Å². The van der Waals surface area contributed by atoms with Gasteiger partial charge >= 0.3 is 11.8 Å². The zero-order valence-electron chi connectivity index (χ0n) is 16.9. The van der Waals surface area contributed by atoms with Crippen LogP contribution in [-0.2, 0) is 0 Å². The molecule has 158 valence electrons. The van der Waals surface area contributed by atoms with Gasteiger partial charge in [0.2, 0.25) is 0 Å². The normalized spacial score (nSPS) is 10.9.